The molecule has 0 aliphatic carbocycles. The van der Waals surface area contributed by atoms with Crippen molar-refractivity contribution in [2.75, 3.05) is 32.0 Å². The van der Waals surface area contributed by atoms with Crippen LogP contribution >= 0.6 is 0 Å². The molecule has 0 atom stereocenters. The number of anilines is 2. The first-order valence-corrected chi connectivity index (χ1v) is 8.87. The van der Waals surface area contributed by atoms with Crippen LogP contribution in [0.25, 0.3) is 0 Å². The number of carbonyl (C=O) groups excluding carboxylic acids is 1. The first-order valence-electron chi connectivity index (χ1n) is 8.87. The average molecular weight is 394 g/mol. The second-order valence-corrected chi connectivity index (χ2v) is 6.03. The predicted octanol–water partition coefficient (Wildman–Crippen LogP) is 3.37. The highest BCUT2D eigenvalue weighted by Gasteiger charge is 2.09. The van der Waals surface area contributed by atoms with Gasteiger partial charge in [0.05, 0.1) is 21.3 Å². The molecule has 8 nitrogen and oxygen atoms in total. The minimum absolute atomic E-state index is 0.288. The van der Waals surface area contributed by atoms with E-state index in [9.17, 15) is 4.79 Å². The number of aromatic nitrogens is 2. The summed E-state index contributed by atoms with van der Waals surface area (Å²) in [4.78, 5) is 12.3. The number of nitrogens with zero attached hydrogens (tertiary/aromatic N) is 2. The van der Waals surface area contributed by atoms with Crippen LogP contribution in [0.4, 0.5) is 11.6 Å². The molecule has 0 unspecified atom stereocenters. The van der Waals surface area contributed by atoms with E-state index in [1.165, 1.54) is 0 Å². The van der Waals surface area contributed by atoms with Gasteiger partial charge in [-0.2, -0.15) is 0 Å². The third-order valence-corrected chi connectivity index (χ3v) is 4.16. The fourth-order valence-electron chi connectivity index (χ4n) is 2.63. The van der Waals surface area contributed by atoms with Crippen molar-refractivity contribution in [3.8, 4) is 17.2 Å². The Bertz CT molecular complexity index is 977. The molecule has 0 radical (unpaired) electrons. The van der Waals surface area contributed by atoms with E-state index in [1.54, 1.807) is 57.7 Å². The van der Waals surface area contributed by atoms with E-state index in [2.05, 4.69) is 20.8 Å². The van der Waals surface area contributed by atoms with Gasteiger partial charge in [-0.05, 0) is 48.0 Å². The maximum absolute atomic E-state index is 12.3. The van der Waals surface area contributed by atoms with E-state index in [-0.39, 0.29) is 5.91 Å². The van der Waals surface area contributed by atoms with Crippen molar-refractivity contribution < 1.29 is 19.0 Å². The highest BCUT2D eigenvalue weighted by molar-refractivity contribution is 6.03. The summed E-state index contributed by atoms with van der Waals surface area (Å²) in [7, 11) is 4.75. The van der Waals surface area contributed by atoms with Gasteiger partial charge >= 0.3 is 0 Å². The minimum Gasteiger partial charge on any atom is -0.497 e. The van der Waals surface area contributed by atoms with Crippen LogP contribution in [0.15, 0.2) is 54.6 Å². The van der Waals surface area contributed by atoms with E-state index in [4.69, 9.17) is 14.2 Å². The molecule has 1 amide bonds. The lowest BCUT2D eigenvalue weighted by Gasteiger charge is -2.10. The van der Waals surface area contributed by atoms with Crippen molar-refractivity contribution >= 4 is 17.5 Å². The summed E-state index contributed by atoms with van der Waals surface area (Å²) >= 11 is 0. The number of carbonyl (C=O) groups is 1. The number of amides is 1. The van der Waals surface area contributed by atoms with Crippen LogP contribution in [0.5, 0.6) is 17.2 Å². The number of hydrogen-bond acceptors (Lipinski definition) is 7. The number of rotatable bonds is 8. The fraction of sp³-hybridized carbons (Fsp3) is 0.190. The quantitative estimate of drug-likeness (QED) is 0.605. The lowest BCUT2D eigenvalue weighted by atomic mass is 10.2. The number of benzene rings is 2. The molecule has 0 bridgehead atoms. The van der Waals surface area contributed by atoms with E-state index < -0.39 is 0 Å². The summed E-state index contributed by atoms with van der Waals surface area (Å²) in [5.41, 5.74) is 1.47. The molecule has 0 fully saturated rings. The summed E-state index contributed by atoms with van der Waals surface area (Å²) in [5, 5.41) is 14.0. The molecule has 2 aromatic carbocycles. The standard InChI is InChI=1S/C21H22N4O4/c1-27-16-6-4-5-15(12-16)21(26)23-20-10-9-19(24-25-20)22-13-14-7-8-17(28-2)18(11-14)29-3/h4-12H,13H2,1-3H3,(H,22,24)(H,23,25,26). The molecule has 8 heteroatoms. The molecule has 0 saturated carbocycles. The van der Waals surface area contributed by atoms with Gasteiger partial charge in [-0.3, -0.25) is 4.79 Å². The molecular formula is C21H22N4O4. The Morgan fingerprint density at radius 3 is 2.31 bits per heavy atom. The van der Waals surface area contributed by atoms with Crippen LogP contribution in [-0.4, -0.2) is 37.4 Å². The molecule has 1 heterocycles. The van der Waals surface area contributed by atoms with Crippen LogP contribution in [0, 0.1) is 0 Å². The lowest BCUT2D eigenvalue weighted by molar-refractivity contribution is 0.102. The van der Waals surface area contributed by atoms with Gasteiger partial charge in [0, 0.05) is 12.1 Å². The Hall–Kier alpha value is -3.81. The molecule has 0 spiro atoms. The number of methoxy groups -OCH3 is 3. The molecule has 2 N–H and O–H groups in total. The average Bonchev–Trinajstić information content (AvgIpc) is 2.78. The Morgan fingerprint density at radius 1 is 0.862 bits per heavy atom. The lowest BCUT2D eigenvalue weighted by Crippen LogP contribution is -2.13. The van der Waals surface area contributed by atoms with Crippen molar-refractivity contribution in [2.24, 2.45) is 0 Å². The third-order valence-electron chi connectivity index (χ3n) is 4.16. The third kappa shape index (κ3) is 5.13. The molecular weight excluding hydrogens is 372 g/mol. The smallest absolute Gasteiger partial charge is 0.256 e. The zero-order valence-electron chi connectivity index (χ0n) is 16.4. The Kier molecular flexibility index (Phi) is 6.47. The summed E-state index contributed by atoms with van der Waals surface area (Å²) in [6.07, 6.45) is 0. The predicted molar refractivity (Wildman–Crippen MR) is 110 cm³/mol. The number of hydrogen-bond donors (Lipinski definition) is 2. The van der Waals surface area contributed by atoms with Crippen molar-refractivity contribution in [3.63, 3.8) is 0 Å². The van der Waals surface area contributed by atoms with Gasteiger partial charge in [-0.15, -0.1) is 10.2 Å². The van der Waals surface area contributed by atoms with Crippen LogP contribution in [-0.2, 0) is 6.54 Å². The van der Waals surface area contributed by atoms with Crippen molar-refractivity contribution in [1.82, 2.24) is 10.2 Å². The largest absolute Gasteiger partial charge is 0.497 e. The second kappa shape index (κ2) is 9.41. The fourth-order valence-corrected chi connectivity index (χ4v) is 2.63. The normalized spacial score (nSPS) is 10.2. The highest BCUT2D eigenvalue weighted by Crippen LogP contribution is 2.27. The molecule has 3 rings (SSSR count). The zero-order valence-corrected chi connectivity index (χ0v) is 16.4. The number of nitrogens with one attached hydrogen (secondary N) is 2. The Balaban J connectivity index is 1.59. The SMILES string of the molecule is COc1cccc(C(=O)Nc2ccc(NCc3ccc(OC)c(OC)c3)nn2)c1. The van der Waals surface area contributed by atoms with Gasteiger partial charge in [0.2, 0.25) is 0 Å². The van der Waals surface area contributed by atoms with Crippen LogP contribution in [0.1, 0.15) is 15.9 Å². The van der Waals surface area contributed by atoms with E-state index in [1.807, 2.05) is 18.2 Å². The highest BCUT2D eigenvalue weighted by atomic mass is 16.5. The molecule has 0 aliphatic heterocycles. The van der Waals surface area contributed by atoms with Crippen LogP contribution in [0.2, 0.25) is 0 Å². The van der Waals surface area contributed by atoms with E-state index in [0.717, 1.165) is 5.56 Å². The first kappa shape index (κ1) is 19.9. The van der Waals surface area contributed by atoms with Crippen molar-refractivity contribution in [1.29, 1.82) is 0 Å². The summed E-state index contributed by atoms with van der Waals surface area (Å²) in [6, 6.07) is 16.0. The Morgan fingerprint density at radius 2 is 1.62 bits per heavy atom. The summed E-state index contributed by atoms with van der Waals surface area (Å²) in [6.45, 7) is 0.532. The topological polar surface area (TPSA) is 94.6 Å². The first-order chi connectivity index (χ1) is 14.1. The van der Waals surface area contributed by atoms with Gasteiger partial charge in [-0.1, -0.05) is 12.1 Å². The molecule has 1 aromatic heterocycles. The summed E-state index contributed by atoms with van der Waals surface area (Å²) in [5.74, 6) is 2.59. The van der Waals surface area contributed by atoms with Crippen LogP contribution in [0.3, 0.4) is 0 Å². The van der Waals surface area contributed by atoms with Crippen molar-refractivity contribution in [3.05, 3.63) is 65.7 Å². The molecule has 150 valence electrons. The maximum atomic E-state index is 12.3. The molecule has 0 saturated heterocycles. The van der Waals surface area contributed by atoms with Gasteiger partial charge in [-0.25, -0.2) is 0 Å². The maximum Gasteiger partial charge on any atom is 0.256 e. The molecule has 3 aromatic rings. The number of ether oxygens (including phenoxy) is 3. The van der Waals surface area contributed by atoms with Gasteiger partial charge in [0.25, 0.3) is 5.91 Å². The molecule has 29 heavy (non-hydrogen) atoms. The van der Waals surface area contributed by atoms with E-state index >= 15 is 0 Å². The second-order valence-electron chi connectivity index (χ2n) is 6.03. The Labute approximate surface area is 168 Å². The van der Waals surface area contributed by atoms with Gasteiger partial charge in [0.15, 0.2) is 17.3 Å². The van der Waals surface area contributed by atoms with Gasteiger partial charge < -0.3 is 24.8 Å². The monoisotopic (exact) mass is 394 g/mol. The van der Waals surface area contributed by atoms with Gasteiger partial charge in [0.1, 0.15) is 11.6 Å². The van der Waals surface area contributed by atoms with E-state index in [0.29, 0.717) is 41.0 Å². The summed E-state index contributed by atoms with van der Waals surface area (Å²) < 4.78 is 15.7. The minimum atomic E-state index is -0.288. The van der Waals surface area contributed by atoms with Crippen molar-refractivity contribution in [2.45, 2.75) is 6.54 Å². The zero-order chi connectivity index (χ0) is 20.6. The molecule has 0 aliphatic rings. The van der Waals surface area contributed by atoms with Crippen LogP contribution < -0.4 is 24.8 Å².